The molecule has 0 aromatic heterocycles. The van der Waals surface area contributed by atoms with Gasteiger partial charge in [-0.1, -0.05) is 36.4 Å². The van der Waals surface area contributed by atoms with Gasteiger partial charge in [0, 0.05) is 0 Å². The second-order valence-electron chi connectivity index (χ2n) is 7.14. The highest BCUT2D eigenvalue weighted by Crippen LogP contribution is 2.23. The molecular weight excluding hydrogens is 428 g/mol. The first-order chi connectivity index (χ1) is 16.7. The maximum absolute atomic E-state index is 5.11. The van der Waals surface area contributed by atoms with Crippen LogP contribution in [0.4, 0.5) is 22.7 Å². The third-order valence-electron chi connectivity index (χ3n) is 4.76. The number of rotatable bonds is 8. The van der Waals surface area contributed by atoms with Gasteiger partial charge < -0.3 is 9.68 Å². The molecule has 4 aromatic rings. The van der Waals surface area contributed by atoms with E-state index in [9.17, 15) is 0 Å². The molecule has 0 bridgehead atoms. The number of nitrogens with two attached hydrogens (primary N) is 2. The van der Waals surface area contributed by atoms with Crippen molar-refractivity contribution >= 4 is 34.9 Å². The van der Waals surface area contributed by atoms with E-state index in [0.717, 1.165) is 22.5 Å². The van der Waals surface area contributed by atoms with Crippen molar-refractivity contribution in [3.63, 3.8) is 0 Å². The number of benzene rings is 4. The summed E-state index contributed by atoms with van der Waals surface area (Å²) < 4.78 is 0. The Kier molecular flexibility index (Phi) is 7.47. The Balaban J connectivity index is 1.33. The molecule has 168 valence electrons. The van der Waals surface area contributed by atoms with Crippen LogP contribution in [0.15, 0.2) is 118 Å². The summed E-state index contributed by atoms with van der Waals surface area (Å²) in [5.74, 6) is 11.4. The van der Waals surface area contributed by atoms with Gasteiger partial charge in [-0.25, -0.2) is 0 Å². The molecule has 0 fully saturated rings. The number of nitrogens with zero attached hydrogens (tertiary/aromatic N) is 4. The maximum atomic E-state index is 5.11. The Morgan fingerprint density at radius 3 is 0.941 bits per heavy atom. The average Bonchev–Trinajstić information content (AvgIpc) is 2.91. The Hall–Kier alpha value is -4.66. The van der Waals surface area contributed by atoms with Crippen molar-refractivity contribution in [1.29, 1.82) is 0 Å². The van der Waals surface area contributed by atoms with E-state index in [0.29, 0.717) is 22.9 Å². The first kappa shape index (κ1) is 22.5. The van der Waals surface area contributed by atoms with Crippen LogP contribution >= 0.6 is 0 Å². The summed E-state index contributed by atoms with van der Waals surface area (Å²) >= 11 is 0. The van der Waals surface area contributed by atoms with Gasteiger partial charge in [-0.15, -0.1) is 0 Å². The van der Waals surface area contributed by atoms with E-state index in [-0.39, 0.29) is 0 Å². The van der Waals surface area contributed by atoms with Crippen LogP contribution in [-0.4, -0.2) is 0 Å². The predicted octanol–water partition coefficient (Wildman–Crippen LogP) is 7.19. The second-order valence-corrected chi connectivity index (χ2v) is 7.14. The van der Waals surface area contributed by atoms with Gasteiger partial charge in [-0.3, -0.25) is 0 Å². The molecule has 4 rings (SSSR count). The van der Waals surface area contributed by atoms with Gasteiger partial charge in [0.1, 0.15) is 11.5 Å². The Morgan fingerprint density at radius 1 is 0.412 bits per heavy atom. The lowest BCUT2D eigenvalue weighted by Gasteiger charge is -1.99. The van der Waals surface area contributed by atoms with E-state index in [1.165, 1.54) is 0 Å². The minimum absolute atomic E-state index is 0.568. The van der Waals surface area contributed by atoms with Gasteiger partial charge in [0.2, 0.25) is 0 Å². The standard InChI is InChI=1S/C26H22N6O2/c27-33-25-15-11-23(12-16-25)31-29-21-7-3-19(4-8-21)1-2-20-5-9-22(10-6-20)30-32-24-13-17-26(34-28)18-14-24/h1-18H,27-28H2/b2-1+,31-29?,32-30?. The summed E-state index contributed by atoms with van der Waals surface area (Å²) in [6, 6.07) is 29.6. The van der Waals surface area contributed by atoms with Gasteiger partial charge in [-0.2, -0.15) is 32.3 Å². The van der Waals surface area contributed by atoms with E-state index >= 15 is 0 Å². The fourth-order valence-corrected chi connectivity index (χ4v) is 2.91. The normalized spacial score (nSPS) is 11.5. The van der Waals surface area contributed by atoms with Gasteiger partial charge in [-0.05, 0) is 83.9 Å². The van der Waals surface area contributed by atoms with E-state index in [1.54, 1.807) is 48.5 Å². The van der Waals surface area contributed by atoms with Crippen LogP contribution in [0.5, 0.6) is 11.5 Å². The van der Waals surface area contributed by atoms with Crippen molar-refractivity contribution in [2.75, 3.05) is 0 Å². The smallest absolute Gasteiger partial charge is 0.146 e. The highest BCUT2D eigenvalue weighted by molar-refractivity contribution is 5.70. The zero-order valence-corrected chi connectivity index (χ0v) is 18.2. The second kappa shape index (κ2) is 11.3. The molecule has 0 unspecified atom stereocenters. The van der Waals surface area contributed by atoms with E-state index in [4.69, 9.17) is 11.8 Å². The molecule has 8 heteroatoms. The fourth-order valence-electron chi connectivity index (χ4n) is 2.91. The minimum atomic E-state index is 0.568. The molecule has 0 atom stereocenters. The van der Waals surface area contributed by atoms with Crippen LogP contribution in [0, 0.1) is 0 Å². The first-order valence-electron chi connectivity index (χ1n) is 10.4. The molecule has 0 aliphatic carbocycles. The predicted molar refractivity (Wildman–Crippen MR) is 133 cm³/mol. The topological polar surface area (TPSA) is 120 Å². The molecule has 0 saturated heterocycles. The molecule has 4 aromatic carbocycles. The Morgan fingerprint density at radius 2 is 0.676 bits per heavy atom. The molecule has 0 spiro atoms. The Labute approximate surface area is 196 Å². The molecule has 0 aliphatic rings. The van der Waals surface area contributed by atoms with Crippen LogP contribution < -0.4 is 21.5 Å². The van der Waals surface area contributed by atoms with Crippen molar-refractivity contribution < 1.29 is 9.68 Å². The largest absolute Gasteiger partial charge is 0.412 e. The minimum Gasteiger partial charge on any atom is -0.412 e. The third-order valence-corrected chi connectivity index (χ3v) is 4.76. The van der Waals surface area contributed by atoms with Crippen LogP contribution in [0.25, 0.3) is 12.2 Å². The SMILES string of the molecule is NOc1ccc(N=Nc2ccc(/C=C/c3ccc(N=Nc4ccc(ON)cc4)cc3)cc2)cc1. The molecular formula is C26H22N6O2. The molecule has 4 N–H and O–H groups in total. The van der Waals surface area contributed by atoms with Crippen molar-refractivity contribution in [1.82, 2.24) is 0 Å². The number of azo groups is 2. The van der Waals surface area contributed by atoms with Gasteiger partial charge in [0.15, 0.2) is 0 Å². The van der Waals surface area contributed by atoms with E-state index in [2.05, 4.69) is 30.1 Å². The number of hydrogen-bond acceptors (Lipinski definition) is 8. The lowest BCUT2D eigenvalue weighted by molar-refractivity contribution is 0.334. The molecule has 8 nitrogen and oxygen atoms in total. The first-order valence-corrected chi connectivity index (χ1v) is 10.4. The fraction of sp³-hybridized carbons (Fsp3) is 0. The van der Waals surface area contributed by atoms with Gasteiger partial charge in [0.05, 0.1) is 22.7 Å². The molecule has 0 radical (unpaired) electrons. The van der Waals surface area contributed by atoms with Gasteiger partial charge in [0.25, 0.3) is 0 Å². The lowest BCUT2D eigenvalue weighted by atomic mass is 10.1. The summed E-state index contributed by atoms with van der Waals surface area (Å²) in [6.45, 7) is 0. The average molecular weight is 451 g/mol. The zero-order valence-electron chi connectivity index (χ0n) is 18.2. The van der Waals surface area contributed by atoms with Crippen LogP contribution in [0.1, 0.15) is 11.1 Å². The molecule has 0 amide bonds. The van der Waals surface area contributed by atoms with Gasteiger partial charge >= 0.3 is 0 Å². The molecule has 34 heavy (non-hydrogen) atoms. The van der Waals surface area contributed by atoms with Crippen LogP contribution in [0.3, 0.4) is 0 Å². The zero-order chi connectivity index (χ0) is 23.6. The van der Waals surface area contributed by atoms with Crippen LogP contribution in [0.2, 0.25) is 0 Å². The summed E-state index contributed by atoms with van der Waals surface area (Å²) in [5, 5.41) is 16.9. The molecule has 0 aliphatic heterocycles. The van der Waals surface area contributed by atoms with Crippen molar-refractivity contribution in [3.05, 3.63) is 108 Å². The van der Waals surface area contributed by atoms with Crippen molar-refractivity contribution in [2.24, 2.45) is 32.3 Å². The number of hydrogen-bond donors (Lipinski definition) is 2. The van der Waals surface area contributed by atoms with Crippen molar-refractivity contribution in [2.45, 2.75) is 0 Å². The molecule has 0 heterocycles. The summed E-state index contributed by atoms with van der Waals surface area (Å²) in [6.07, 6.45) is 4.06. The quantitative estimate of drug-likeness (QED) is 0.168. The van der Waals surface area contributed by atoms with E-state index in [1.807, 2.05) is 60.7 Å². The Bertz CT molecular complexity index is 1180. The van der Waals surface area contributed by atoms with Crippen LogP contribution in [-0.2, 0) is 0 Å². The highest BCUT2D eigenvalue weighted by Gasteiger charge is 1.96. The highest BCUT2D eigenvalue weighted by atomic mass is 16.6. The van der Waals surface area contributed by atoms with E-state index < -0.39 is 0 Å². The monoisotopic (exact) mass is 450 g/mol. The third kappa shape index (κ3) is 6.42. The van der Waals surface area contributed by atoms with Crippen molar-refractivity contribution in [3.8, 4) is 11.5 Å². The maximum Gasteiger partial charge on any atom is 0.146 e. The lowest BCUT2D eigenvalue weighted by Crippen LogP contribution is -2.00. The summed E-state index contributed by atoms with van der Waals surface area (Å²) in [7, 11) is 0. The summed E-state index contributed by atoms with van der Waals surface area (Å²) in [5.41, 5.74) is 5.06. The summed E-state index contributed by atoms with van der Waals surface area (Å²) in [4.78, 5) is 9.29. The molecule has 0 saturated carbocycles.